The van der Waals surface area contributed by atoms with E-state index in [0.717, 1.165) is 28.3 Å². The van der Waals surface area contributed by atoms with Crippen LogP contribution in [0.4, 0.5) is 5.82 Å². The summed E-state index contributed by atoms with van der Waals surface area (Å²) in [7, 11) is 0. The molecule has 1 aromatic heterocycles. The second kappa shape index (κ2) is 7.06. The van der Waals surface area contributed by atoms with Crippen molar-refractivity contribution in [1.29, 1.82) is 0 Å². The van der Waals surface area contributed by atoms with Gasteiger partial charge in [0, 0.05) is 10.6 Å². The zero-order valence-electron chi connectivity index (χ0n) is 15.4. The molecular formula is C21H20ClN3OS. The van der Waals surface area contributed by atoms with Gasteiger partial charge in [0.05, 0.1) is 22.4 Å². The highest BCUT2D eigenvalue weighted by Gasteiger charge is 2.31. The van der Waals surface area contributed by atoms with Gasteiger partial charge in [-0.05, 0) is 49.6 Å². The average Bonchev–Trinajstić information content (AvgIpc) is 2.84. The Hall–Kier alpha value is -2.24. The van der Waals surface area contributed by atoms with Crippen molar-refractivity contribution in [2.24, 2.45) is 0 Å². The van der Waals surface area contributed by atoms with E-state index in [1.165, 1.54) is 11.1 Å². The summed E-state index contributed by atoms with van der Waals surface area (Å²) >= 11 is 7.97. The topological polar surface area (TPSA) is 46.9 Å². The number of nitrogens with one attached hydrogen (secondary N) is 1. The fourth-order valence-corrected chi connectivity index (χ4v) is 4.87. The number of aromatic nitrogens is 2. The Bertz CT molecular complexity index is 1040. The zero-order chi connectivity index (χ0) is 19.1. The second-order valence-electron chi connectivity index (χ2n) is 6.79. The number of amides is 1. The monoisotopic (exact) mass is 397 g/mol. The van der Waals surface area contributed by atoms with Gasteiger partial charge in [-0.3, -0.25) is 4.79 Å². The maximum absolute atomic E-state index is 12.4. The molecule has 4 rings (SSSR count). The van der Waals surface area contributed by atoms with Crippen LogP contribution in [0.5, 0.6) is 0 Å². The van der Waals surface area contributed by atoms with Crippen molar-refractivity contribution in [3.05, 3.63) is 75.4 Å². The third-order valence-electron chi connectivity index (χ3n) is 4.88. The molecule has 6 heteroatoms. The van der Waals surface area contributed by atoms with Crippen LogP contribution in [0.15, 0.2) is 42.5 Å². The molecule has 1 N–H and O–H groups in total. The summed E-state index contributed by atoms with van der Waals surface area (Å²) in [6.07, 6.45) is 0. The molecule has 1 amide bonds. The lowest BCUT2D eigenvalue weighted by Gasteiger charge is -2.17. The number of rotatable bonds is 2. The Balaban J connectivity index is 1.92. The minimum atomic E-state index is -0.0170. The van der Waals surface area contributed by atoms with E-state index >= 15 is 0 Å². The summed E-state index contributed by atoms with van der Waals surface area (Å²) in [4.78, 5) is 12.4. The molecule has 0 saturated heterocycles. The highest BCUT2D eigenvalue weighted by Crippen LogP contribution is 2.44. The van der Waals surface area contributed by atoms with Gasteiger partial charge >= 0.3 is 0 Å². The maximum atomic E-state index is 12.4. The predicted molar refractivity (Wildman–Crippen MR) is 112 cm³/mol. The van der Waals surface area contributed by atoms with E-state index in [4.69, 9.17) is 16.7 Å². The van der Waals surface area contributed by atoms with Crippen LogP contribution in [0.25, 0.3) is 5.69 Å². The largest absolute Gasteiger partial charge is 0.310 e. The third kappa shape index (κ3) is 3.26. The summed E-state index contributed by atoms with van der Waals surface area (Å²) in [6, 6.07) is 14.1. The van der Waals surface area contributed by atoms with Gasteiger partial charge in [0.2, 0.25) is 5.91 Å². The zero-order valence-corrected chi connectivity index (χ0v) is 17.0. The molecule has 0 saturated carbocycles. The SMILES string of the molecule is Cc1ccc(-n2nc(C)c3c2NC(=O)CS[C@@H]3c2ccccc2C)cc1Cl. The fraction of sp³-hybridized carbons (Fsp3) is 0.238. The normalized spacial score (nSPS) is 16.6. The Kier molecular flexibility index (Phi) is 4.74. The second-order valence-corrected chi connectivity index (χ2v) is 8.29. The number of benzene rings is 2. The molecule has 2 aromatic carbocycles. The van der Waals surface area contributed by atoms with Crippen molar-refractivity contribution >= 4 is 35.1 Å². The van der Waals surface area contributed by atoms with Crippen molar-refractivity contribution in [2.75, 3.05) is 11.1 Å². The molecule has 0 spiro atoms. The highest BCUT2D eigenvalue weighted by molar-refractivity contribution is 8.00. The molecule has 27 heavy (non-hydrogen) atoms. The van der Waals surface area contributed by atoms with Gasteiger partial charge < -0.3 is 5.32 Å². The fourth-order valence-electron chi connectivity index (χ4n) is 3.41. The van der Waals surface area contributed by atoms with E-state index in [1.807, 2.05) is 44.2 Å². The number of aryl methyl sites for hydroxylation is 3. The Morgan fingerprint density at radius 1 is 1.15 bits per heavy atom. The summed E-state index contributed by atoms with van der Waals surface area (Å²) in [5.41, 5.74) is 6.23. The van der Waals surface area contributed by atoms with Crippen LogP contribution in [0.3, 0.4) is 0 Å². The van der Waals surface area contributed by atoms with Gasteiger partial charge in [0.25, 0.3) is 0 Å². The smallest absolute Gasteiger partial charge is 0.235 e. The van der Waals surface area contributed by atoms with Crippen LogP contribution in [0, 0.1) is 20.8 Å². The molecule has 0 aliphatic carbocycles. The number of thioether (sulfide) groups is 1. The highest BCUT2D eigenvalue weighted by atomic mass is 35.5. The number of hydrogen-bond acceptors (Lipinski definition) is 3. The first-order chi connectivity index (χ1) is 13.0. The van der Waals surface area contributed by atoms with Crippen LogP contribution in [-0.4, -0.2) is 21.4 Å². The number of fused-ring (bicyclic) bond motifs is 1. The maximum Gasteiger partial charge on any atom is 0.235 e. The summed E-state index contributed by atoms with van der Waals surface area (Å²) in [5.74, 6) is 1.12. The molecule has 4 nitrogen and oxygen atoms in total. The molecule has 0 fully saturated rings. The number of carbonyl (C=O) groups is 1. The number of nitrogens with zero attached hydrogens (tertiary/aromatic N) is 2. The lowest BCUT2D eigenvalue weighted by molar-refractivity contribution is -0.113. The minimum absolute atomic E-state index is 0.0170. The summed E-state index contributed by atoms with van der Waals surface area (Å²) in [6.45, 7) is 6.07. The number of halogens is 1. The first-order valence-corrected chi connectivity index (χ1v) is 10.2. The van der Waals surface area contributed by atoms with E-state index in [0.29, 0.717) is 10.8 Å². The standard InChI is InChI=1S/C21H20ClN3OS/c1-12-6-4-5-7-16(12)20-19-14(3)24-25(21(19)23-18(26)11-27-20)15-9-8-13(2)17(22)10-15/h4-10,20H,11H2,1-3H3,(H,23,26)/t20-/m1/s1. The van der Waals surface area contributed by atoms with Crippen molar-refractivity contribution in [3.63, 3.8) is 0 Å². The van der Waals surface area contributed by atoms with Crippen LogP contribution < -0.4 is 5.32 Å². The van der Waals surface area contributed by atoms with Gasteiger partial charge in [-0.25, -0.2) is 4.68 Å². The van der Waals surface area contributed by atoms with Crippen molar-refractivity contribution in [3.8, 4) is 5.69 Å². The van der Waals surface area contributed by atoms with Crippen LogP contribution >= 0.6 is 23.4 Å². The van der Waals surface area contributed by atoms with E-state index in [2.05, 4.69) is 24.4 Å². The first-order valence-electron chi connectivity index (χ1n) is 8.78. The van der Waals surface area contributed by atoms with Crippen LogP contribution in [-0.2, 0) is 4.79 Å². The first kappa shape index (κ1) is 18.1. The Labute approximate surface area is 167 Å². The minimum Gasteiger partial charge on any atom is -0.310 e. The number of carbonyl (C=O) groups excluding carboxylic acids is 1. The van der Waals surface area contributed by atoms with E-state index < -0.39 is 0 Å². The van der Waals surface area contributed by atoms with E-state index in [1.54, 1.807) is 16.4 Å². The van der Waals surface area contributed by atoms with Crippen molar-refractivity contribution < 1.29 is 4.79 Å². The molecule has 1 atom stereocenters. The molecule has 0 radical (unpaired) electrons. The van der Waals surface area contributed by atoms with Gasteiger partial charge in [-0.1, -0.05) is 41.9 Å². The van der Waals surface area contributed by atoms with Crippen LogP contribution in [0.1, 0.15) is 33.2 Å². The number of anilines is 1. The number of hydrogen-bond donors (Lipinski definition) is 1. The molecule has 0 unspecified atom stereocenters. The summed E-state index contributed by atoms with van der Waals surface area (Å²) < 4.78 is 1.80. The summed E-state index contributed by atoms with van der Waals surface area (Å²) in [5, 5.41) is 8.54. The molecule has 1 aliphatic heterocycles. The molecule has 138 valence electrons. The van der Waals surface area contributed by atoms with Crippen molar-refractivity contribution in [1.82, 2.24) is 9.78 Å². The Morgan fingerprint density at radius 2 is 1.93 bits per heavy atom. The molecular weight excluding hydrogens is 378 g/mol. The van der Waals surface area contributed by atoms with Gasteiger partial charge in [0.15, 0.2) is 0 Å². The average molecular weight is 398 g/mol. The van der Waals surface area contributed by atoms with Gasteiger partial charge in [0.1, 0.15) is 5.82 Å². The lowest BCUT2D eigenvalue weighted by atomic mass is 10.00. The molecule has 3 aromatic rings. The van der Waals surface area contributed by atoms with E-state index in [-0.39, 0.29) is 11.2 Å². The predicted octanol–water partition coefficient (Wildman–Crippen LogP) is 5.23. The lowest BCUT2D eigenvalue weighted by Crippen LogP contribution is -2.15. The third-order valence-corrected chi connectivity index (χ3v) is 6.54. The molecule has 1 aliphatic rings. The molecule has 0 bridgehead atoms. The Morgan fingerprint density at radius 3 is 2.67 bits per heavy atom. The van der Waals surface area contributed by atoms with Gasteiger partial charge in [-0.2, -0.15) is 5.10 Å². The molecule has 2 heterocycles. The van der Waals surface area contributed by atoms with E-state index in [9.17, 15) is 4.79 Å². The van der Waals surface area contributed by atoms with Crippen LogP contribution in [0.2, 0.25) is 5.02 Å². The van der Waals surface area contributed by atoms with Gasteiger partial charge in [-0.15, -0.1) is 11.8 Å². The van der Waals surface area contributed by atoms with Crippen molar-refractivity contribution in [2.45, 2.75) is 26.0 Å². The quantitative estimate of drug-likeness (QED) is 0.644.